The molecule has 3 aromatic rings. The van der Waals surface area contributed by atoms with E-state index in [0.717, 1.165) is 22.8 Å². The maximum Gasteiger partial charge on any atom is 0.227 e. The van der Waals surface area contributed by atoms with E-state index in [-0.39, 0.29) is 17.7 Å². The first-order valence-electron chi connectivity index (χ1n) is 11.4. The van der Waals surface area contributed by atoms with Crippen LogP contribution in [0, 0.1) is 5.92 Å². The molecule has 1 aliphatic rings. The van der Waals surface area contributed by atoms with Gasteiger partial charge in [-0.2, -0.15) is 0 Å². The minimum absolute atomic E-state index is 0.0437. The number of carbonyl (C=O) groups excluding carboxylic acids is 2. The average molecular weight is 460 g/mol. The molecule has 170 valence electrons. The quantitative estimate of drug-likeness (QED) is 0.471. The molecule has 1 N–H and O–H groups in total. The van der Waals surface area contributed by atoms with Crippen LogP contribution in [0.2, 0.25) is 0 Å². The molecule has 0 bridgehead atoms. The van der Waals surface area contributed by atoms with E-state index in [4.69, 9.17) is 0 Å². The van der Waals surface area contributed by atoms with Crippen molar-refractivity contribution < 1.29 is 9.59 Å². The molecule has 5 nitrogen and oxygen atoms in total. The summed E-state index contributed by atoms with van der Waals surface area (Å²) < 4.78 is 0. The van der Waals surface area contributed by atoms with Crippen LogP contribution >= 0.6 is 11.8 Å². The number of amides is 2. The summed E-state index contributed by atoms with van der Waals surface area (Å²) in [5.41, 5.74) is 3.18. The maximum absolute atomic E-state index is 12.7. The van der Waals surface area contributed by atoms with Crippen molar-refractivity contribution in [3.05, 3.63) is 90.3 Å². The predicted octanol–water partition coefficient (Wildman–Crippen LogP) is 5.18. The van der Waals surface area contributed by atoms with Crippen LogP contribution < -0.4 is 5.32 Å². The van der Waals surface area contributed by atoms with Gasteiger partial charge in [0.05, 0.1) is 0 Å². The molecule has 33 heavy (non-hydrogen) atoms. The van der Waals surface area contributed by atoms with Crippen LogP contribution in [0.15, 0.2) is 84.0 Å². The number of hydrogen-bond acceptors (Lipinski definition) is 4. The van der Waals surface area contributed by atoms with Gasteiger partial charge in [-0.15, -0.1) is 11.8 Å². The zero-order valence-electron chi connectivity index (χ0n) is 18.7. The molecule has 0 unspecified atom stereocenters. The highest BCUT2D eigenvalue weighted by Crippen LogP contribution is 2.25. The van der Waals surface area contributed by atoms with Crippen molar-refractivity contribution in [1.82, 2.24) is 9.88 Å². The van der Waals surface area contributed by atoms with Gasteiger partial charge in [-0.1, -0.05) is 36.4 Å². The summed E-state index contributed by atoms with van der Waals surface area (Å²) in [5, 5.41) is 3.04. The van der Waals surface area contributed by atoms with E-state index in [2.05, 4.69) is 28.5 Å². The second-order valence-corrected chi connectivity index (χ2v) is 9.35. The van der Waals surface area contributed by atoms with Crippen molar-refractivity contribution in [2.24, 2.45) is 5.92 Å². The Labute approximate surface area is 199 Å². The maximum atomic E-state index is 12.7. The normalized spacial score (nSPS) is 14.1. The summed E-state index contributed by atoms with van der Waals surface area (Å²) in [6, 6.07) is 22.1. The number of piperidine rings is 1. The van der Waals surface area contributed by atoms with Crippen molar-refractivity contribution in [2.45, 2.75) is 36.3 Å². The molecule has 2 heterocycles. The third-order valence-electron chi connectivity index (χ3n) is 5.94. The summed E-state index contributed by atoms with van der Waals surface area (Å²) in [7, 11) is 0. The molecule has 1 fully saturated rings. The van der Waals surface area contributed by atoms with Gasteiger partial charge < -0.3 is 10.2 Å². The minimum Gasteiger partial charge on any atom is -0.343 e. The van der Waals surface area contributed by atoms with Crippen LogP contribution in [-0.4, -0.2) is 34.8 Å². The highest BCUT2D eigenvalue weighted by atomic mass is 32.2. The number of aryl methyl sites for hydroxylation is 1. The third-order valence-corrected chi connectivity index (χ3v) is 7.02. The van der Waals surface area contributed by atoms with Crippen molar-refractivity contribution >= 4 is 29.3 Å². The fourth-order valence-electron chi connectivity index (χ4n) is 3.97. The van der Waals surface area contributed by atoms with Crippen molar-refractivity contribution in [1.29, 1.82) is 0 Å². The van der Waals surface area contributed by atoms with Gasteiger partial charge in [0.1, 0.15) is 0 Å². The molecule has 0 saturated carbocycles. The summed E-state index contributed by atoms with van der Waals surface area (Å²) in [6.07, 6.45) is 6.36. The largest absolute Gasteiger partial charge is 0.343 e. The number of nitrogens with zero attached hydrogens (tertiary/aromatic N) is 2. The molecule has 0 atom stereocenters. The molecule has 4 rings (SSSR count). The first kappa shape index (κ1) is 23.1. The Morgan fingerprint density at radius 3 is 2.36 bits per heavy atom. The van der Waals surface area contributed by atoms with Crippen LogP contribution in [0.1, 0.15) is 30.4 Å². The van der Waals surface area contributed by atoms with Gasteiger partial charge in [-0.3, -0.25) is 14.6 Å². The van der Waals surface area contributed by atoms with Gasteiger partial charge in [-0.05, 0) is 60.7 Å². The second kappa shape index (κ2) is 11.7. The SMILES string of the molecule is O=C(Nc1ccc(SCc2cccnc2)cc1)C1CCN(C(=O)CCc2ccccc2)CC1. The lowest BCUT2D eigenvalue weighted by Crippen LogP contribution is -2.41. The zero-order chi connectivity index (χ0) is 22.9. The minimum atomic E-state index is -0.0530. The summed E-state index contributed by atoms with van der Waals surface area (Å²) in [4.78, 5) is 32.5. The van der Waals surface area contributed by atoms with E-state index in [1.54, 1.807) is 18.0 Å². The van der Waals surface area contributed by atoms with Gasteiger partial charge >= 0.3 is 0 Å². The van der Waals surface area contributed by atoms with Crippen LogP contribution in [0.3, 0.4) is 0 Å². The highest BCUT2D eigenvalue weighted by Gasteiger charge is 2.27. The Balaban J connectivity index is 1.19. The number of anilines is 1. The van der Waals surface area contributed by atoms with E-state index < -0.39 is 0 Å². The molecular weight excluding hydrogens is 430 g/mol. The van der Waals surface area contributed by atoms with Crippen LogP contribution in [0.4, 0.5) is 5.69 Å². The Kier molecular flexibility index (Phi) is 8.14. The van der Waals surface area contributed by atoms with Crippen molar-refractivity contribution in [3.8, 4) is 0 Å². The standard InChI is InChI=1S/C27H29N3O2S/c31-26(13-8-21-5-2-1-3-6-21)30-17-14-23(15-18-30)27(32)29-24-9-11-25(12-10-24)33-20-22-7-4-16-28-19-22/h1-7,9-12,16,19,23H,8,13-15,17-18,20H2,(H,29,32). The molecule has 0 radical (unpaired) electrons. The second-order valence-electron chi connectivity index (χ2n) is 8.30. The number of aromatic nitrogens is 1. The lowest BCUT2D eigenvalue weighted by molar-refractivity contribution is -0.134. The van der Waals surface area contributed by atoms with Crippen LogP contribution in [-0.2, 0) is 21.8 Å². The fourth-order valence-corrected chi connectivity index (χ4v) is 4.81. The predicted molar refractivity (Wildman–Crippen MR) is 133 cm³/mol. The fraction of sp³-hybridized carbons (Fsp3) is 0.296. The number of thioether (sulfide) groups is 1. The molecular formula is C27H29N3O2S. The van der Waals surface area contributed by atoms with E-state index in [1.807, 2.05) is 59.6 Å². The lowest BCUT2D eigenvalue weighted by atomic mass is 9.95. The van der Waals surface area contributed by atoms with Crippen LogP contribution in [0.5, 0.6) is 0 Å². The molecule has 2 amide bonds. The Morgan fingerprint density at radius 2 is 1.67 bits per heavy atom. The number of pyridine rings is 1. The summed E-state index contributed by atoms with van der Waals surface area (Å²) in [5.74, 6) is 1.03. The van der Waals surface area contributed by atoms with Gasteiger partial charge in [0.15, 0.2) is 0 Å². The molecule has 2 aromatic carbocycles. The smallest absolute Gasteiger partial charge is 0.227 e. The number of benzene rings is 2. The monoisotopic (exact) mass is 459 g/mol. The van der Waals surface area contributed by atoms with E-state index in [1.165, 1.54) is 11.1 Å². The molecule has 1 saturated heterocycles. The van der Waals surface area contributed by atoms with Crippen LogP contribution in [0.25, 0.3) is 0 Å². The molecule has 6 heteroatoms. The highest BCUT2D eigenvalue weighted by molar-refractivity contribution is 7.98. The van der Waals surface area contributed by atoms with E-state index in [0.29, 0.717) is 32.4 Å². The number of rotatable bonds is 8. The van der Waals surface area contributed by atoms with Gasteiger partial charge in [-0.25, -0.2) is 0 Å². The van der Waals surface area contributed by atoms with Gasteiger partial charge in [0.25, 0.3) is 0 Å². The Hall–Kier alpha value is -3.12. The number of nitrogens with one attached hydrogen (secondary N) is 1. The van der Waals surface area contributed by atoms with Gasteiger partial charge in [0, 0.05) is 54.2 Å². The number of likely N-dealkylation sites (tertiary alicyclic amines) is 1. The van der Waals surface area contributed by atoms with Crippen molar-refractivity contribution in [2.75, 3.05) is 18.4 Å². The summed E-state index contributed by atoms with van der Waals surface area (Å²) >= 11 is 1.74. The van der Waals surface area contributed by atoms with Crippen molar-refractivity contribution in [3.63, 3.8) is 0 Å². The Bertz CT molecular complexity index is 1030. The molecule has 1 aromatic heterocycles. The first-order valence-corrected chi connectivity index (χ1v) is 12.4. The lowest BCUT2D eigenvalue weighted by Gasteiger charge is -2.31. The van der Waals surface area contributed by atoms with Gasteiger partial charge in [0.2, 0.25) is 11.8 Å². The van der Waals surface area contributed by atoms with E-state index >= 15 is 0 Å². The molecule has 1 aliphatic heterocycles. The zero-order valence-corrected chi connectivity index (χ0v) is 19.5. The topological polar surface area (TPSA) is 62.3 Å². The summed E-state index contributed by atoms with van der Waals surface area (Å²) in [6.45, 7) is 1.30. The Morgan fingerprint density at radius 1 is 0.939 bits per heavy atom. The molecule has 0 aliphatic carbocycles. The van der Waals surface area contributed by atoms with E-state index in [9.17, 15) is 9.59 Å². The first-order chi connectivity index (χ1) is 16.2. The molecule has 0 spiro atoms. The average Bonchev–Trinajstić information content (AvgIpc) is 2.88. The number of hydrogen-bond donors (Lipinski definition) is 1. The third kappa shape index (κ3) is 6.93. The number of carbonyl (C=O) groups is 2.